The Morgan fingerprint density at radius 2 is 1.50 bits per heavy atom. The van der Waals surface area contributed by atoms with Crippen LogP contribution in [0.5, 0.6) is 0 Å². The van der Waals surface area contributed by atoms with E-state index in [1.165, 1.54) is 6.21 Å². The van der Waals surface area contributed by atoms with Crippen molar-refractivity contribution in [1.29, 1.82) is 0 Å². The molecule has 2 aromatic rings. The van der Waals surface area contributed by atoms with Gasteiger partial charge in [-0.2, -0.15) is 17.9 Å². The first kappa shape index (κ1) is 14.1. The topological polar surface area (TPSA) is 26.1 Å². The number of hydrogen-bond acceptors (Lipinski definition) is 1. The molecule has 0 saturated heterocycles. The number of hydrogen-bond donors (Lipinski definition) is 0. The van der Waals surface area contributed by atoms with Crippen molar-refractivity contribution in [3.05, 3.63) is 70.4 Å². The van der Waals surface area contributed by atoms with E-state index >= 15 is 0 Å². The second kappa shape index (κ2) is 5.36. The van der Waals surface area contributed by atoms with Crippen LogP contribution >= 0.6 is 0 Å². The Morgan fingerprint density at radius 1 is 0.950 bits per heavy atom. The summed E-state index contributed by atoms with van der Waals surface area (Å²) >= 11 is 0. The normalized spacial score (nSPS) is 12.5. The lowest BCUT2D eigenvalue weighted by Crippen LogP contribution is -2.05. The molecular weight excluding hydrogens is 267 g/mol. The standard InChI is InChI=1S/C15H12F3NO/c1-11-2-4-12(5-3-11)10-19(20)14-8-6-13(7-9-14)15(16,17)18/h2-10H,1H3. The average molecular weight is 279 g/mol. The Kier molecular flexibility index (Phi) is 3.79. The third kappa shape index (κ3) is 3.38. The van der Waals surface area contributed by atoms with Crippen molar-refractivity contribution in [3.63, 3.8) is 0 Å². The van der Waals surface area contributed by atoms with Gasteiger partial charge < -0.3 is 5.21 Å². The van der Waals surface area contributed by atoms with Gasteiger partial charge in [-0.05, 0) is 31.2 Å². The van der Waals surface area contributed by atoms with E-state index in [-0.39, 0.29) is 5.69 Å². The van der Waals surface area contributed by atoms with Gasteiger partial charge in [0.1, 0.15) is 0 Å². The predicted molar refractivity (Wildman–Crippen MR) is 71.1 cm³/mol. The van der Waals surface area contributed by atoms with Gasteiger partial charge in [0, 0.05) is 17.7 Å². The molecule has 0 saturated carbocycles. The lowest BCUT2D eigenvalue weighted by atomic mass is 10.1. The zero-order valence-electron chi connectivity index (χ0n) is 10.7. The van der Waals surface area contributed by atoms with Crippen LogP contribution in [0.3, 0.4) is 0 Å². The smallest absolute Gasteiger partial charge is 0.416 e. The third-order valence-electron chi connectivity index (χ3n) is 2.79. The molecule has 104 valence electrons. The van der Waals surface area contributed by atoms with Gasteiger partial charge >= 0.3 is 6.18 Å². The molecular formula is C15H12F3NO. The first-order valence-corrected chi connectivity index (χ1v) is 5.91. The fourth-order valence-electron chi connectivity index (χ4n) is 1.66. The number of nitrogens with zero attached hydrogens (tertiary/aromatic N) is 1. The zero-order valence-corrected chi connectivity index (χ0v) is 10.7. The van der Waals surface area contributed by atoms with Crippen LogP contribution in [0.25, 0.3) is 0 Å². The second-order valence-corrected chi connectivity index (χ2v) is 4.41. The highest BCUT2D eigenvalue weighted by molar-refractivity contribution is 5.76. The summed E-state index contributed by atoms with van der Waals surface area (Å²) in [6.45, 7) is 1.93. The molecule has 0 N–H and O–H groups in total. The SMILES string of the molecule is Cc1ccc(C=[N+]([O-])c2ccc(C(F)(F)F)cc2)cc1. The van der Waals surface area contributed by atoms with Crippen LogP contribution in [-0.4, -0.2) is 11.0 Å². The minimum Gasteiger partial charge on any atom is -0.618 e. The summed E-state index contributed by atoms with van der Waals surface area (Å²) in [6.07, 6.45) is -3.07. The number of halogens is 3. The van der Waals surface area contributed by atoms with Crippen LogP contribution in [0.4, 0.5) is 18.9 Å². The number of benzene rings is 2. The van der Waals surface area contributed by atoms with Crippen molar-refractivity contribution in [1.82, 2.24) is 0 Å². The summed E-state index contributed by atoms with van der Waals surface area (Å²) in [7, 11) is 0. The molecule has 0 heterocycles. The maximum absolute atomic E-state index is 12.4. The van der Waals surface area contributed by atoms with Crippen molar-refractivity contribution in [2.45, 2.75) is 13.1 Å². The molecule has 0 amide bonds. The van der Waals surface area contributed by atoms with E-state index in [4.69, 9.17) is 0 Å². The van der Waals surface area contributed by atoms with Crippen LogP contribution in [0, 0.1) is 12.1 Å². The molecule has 5 heteroatoms. The van der Waals surface area contributed by atoms with E-state index in [1.807, 2.05) is 19.1 Å². The van der Waals surface area contributed by atoms with Crippen molar-refractivity contribution in [2.24, 2.45) is 0 Å². The monoisotopic (exact) mass is 279 g/mol. The molecule has 2 aromatic carbocycles. The largest absolute Gasteiger partial charge is 0.618 e. The van der Waals surface area contributed by atoms with E-state index in [2.05, 4.69) is 0 Å². The highest BCUT2D eigenvalue weighted by Gasteiger charge is 2.30. The molecule has 0 atom stereocenters. The van der Waals surface area contributed by atoms with Crippen molar-refractivity contribution in [3.8, 4) is 0 Å². The second-order valence-electron chi connectivity index (χ2n) is 4.41. The third-order valence-corrected chi connectivity index (χ3v) is 2.79. The minimum absolute atomic E-state index is 0.151. The van der Waals surface area contributed by atoms with Crippen LogP contribution in [0.15, 0.2) is 48.5 Å². The molecule has 0 aromatic heterocycles. The van der Waals surface area contributed by atoms with E-state index in [9.17, 15) is 18.4 Å². The van der Waals surface area contributed by atoms with Crippen LogP contribution in [0.1, 0.15) is 16.7 Å². The minimum atomic E-state index is -4.40. The Hall–Kier alpha value is -2.30. The highest BCUT2D eigenvalue weighted by Crippen LogP contribution is 2.30. The molecule has 0 radical (unpaired) electrons. The summed E-state index contributed by atoms with van der Waals surface area (Å²) in [6, 6.07) is 11.3. The van der Waals surface area contributed by atoms with Gasteiger partial charge in [-0.15, -0.1) is 0 Å². The molecule has 2 rings (SSSR count). The van der Waals surface area contributed by atoms with E-state index in [0.29, 0.717) is 10.3 Å². The summed E-state index contributed by atoms with van der Waals surface area (Å²) in [5.74, 6) is 0. The van der Waals surface area contributed by atoms with Crippen molar-refractivity contribution >= 4 is 11.9 Å². The molecule has 0 unspecified atom stereocenters. The fraction of sp³-hybridized carbons (Fsp3) is 0.133. The first-order chi connectivity index (χ1) is 9.36. The van der Waals surface area contributed by atoms with Crippen molar-refractivity contribution < 1.29 is 17.9 Å². The van der Waals surface area contributed by atoms with Gasteiger partial charge in [-0.3, -0.25) is 0 Å². The highest BCUT2D eigenvalue weighted by atomic mass is 19.4. The Morgan fingerprint density at radius 3 is 2.00 bits per heavy atom. The molecule has 2 nitrogen and oxygen atoms in total. The van der Waals surface area contributed by atoms with Crippen LogP contribution < -0.4 is 0 Å². The lowest BCUT2D eigenvalue weighted by Gasteiger charge is -2.07. The summed E-state index contributed by atoms with van der Waals surface area (Å²) in [4.78, 5) is 0. The molecule has 20 heavy (non-hydrogen) atoms. The lowest BCUT2D eigenvalue weighted by molar-refractivity contribution is -0.354. The number of alkyl halides is 3. The Labute approximate surface area is 114 Å². The summed E-state index contributed by atoms with van der Waals surface area (Å²) < 4.78 is 37.8. The molecule has 0 spiro atoms. The Bertz CT molecular complexity index is 613. The molecule has 0 aliphatic rings. The van der Waals surface area contributed by atoms with Gasteiger partial charge in [0.2, 0.25) is 5.69 Å². The molecule has 0 aliphatic heterocycles. The van der Waals surface area contributed by atoms with Gasteiger partial charge in [0.15, 0.2) is 6.21 Å². The van der Waals surface area contributed by atoms with Crippen molar-refractivity contribution in [2.75, 3.05) is 0 Å². The van der Waals surface area contributed by atoms with Crippen LogP contribution in [-0.2, 0) is 6.18 Å². The molecule has 0 bridgehead atoms. The van der Waals surface area contributed by atoms with E-state index < -0.39 is 11.7 Å². The van der Waals surface area contributed by atoms with Crippen LogP contribution in [0.2, 0.25) is 0 Å². The van der Waals surface area contributed by atoms with Gasteiger partial charge in [-0.25, -0.2) is 0 Å². The van der Waals surface area contributed by atoms with Gasteiger partial charge in [-0.1, -0.05) is 17.7 Å². The zero-order chi connectivity index (χ0) is 14.8. The summed E-state index contributed by atoms with van der Waals surface area (Å²) in [5.41, 5.74) is 1.13. The quantitative estimate of drug-likeness (QED) is 0.349. The van der Waals surface area contributed by atoms with E-state index in [1.54, 1.807) is 12.1 Å². The fourth-order valence-corrected chi connectivity index (χ4v) is 1.66. The maximum atomic E-state index is 12.4. The summed E-state index contributed by atoms with van der Waals surface area (Å²) in [5, 5.41) is 11.8. The Balaban J connectivity index is 2.25. The van der Waals surface area contributed by atoms with Gasteiger partial charge in [0.25, 0.3) is 0 Å². The first-order valence-electron chi connectivity index (χ1n) is 5.91. The van der Waals surface area contributed by atoms with Gasteiger partial charge in [0.05, 0.1) is 5.56 Å². The predicted octanol–water partition coefficient (Wildman–Crippen LogP) is 4.27. The average Bonchev–Trinajstić information content (AvgIpc) is 2.40. The maximum Gasteiger partial charge on any atom is 0.416 e. The molecule has 0 aliphatic carbocycles. The number of rotatable bonds is 2. The van der Waals surface area contributed by atoms with E-state index in [0.717, 1.165) is 29.8 Å². The molecule has 0 fully saturated rings. The number of aryl methyl sites for hydroxylation is 1.